The zero-order valence-electron chi connectivity index (χ0n) is 10.2. The number of nitrogens with one attached hydrogen (secondary N) is 1. The lowest BCUT2D eigenvalue weighted by Gasteiger charge is -2.05. The van der Waals surface area contributed by atoms with Crippen molar-refractivity contribution in [1.82, 2.24) is 10.2 Å². The largest absolute Gasteiger partial charge is 0.363 e. The molecule has 0 aliphatic heterocycles. The van der Waals surface area contributed by atoms with Gasteiger partial charge >= 0.3 is 0 Å². The van der Waals surface area contributed by atoms with Gasteiger partial charge in [-0.1, -0.05) is 46.9 Å². The van der Waals surface area contributed by atoms with Crippen molar-refractivity contribution in [3.8, 4) is 0 Å². The van der Waals surface area contributed by atoms with E-state index in [9.17, 15) is 0 Å². The lowest BCUT2D eigenvalue weighted by atomic mass is 10.1. The Morgan fingerprint density at radius 2 is 2.12 bits per heavy atom. The molecule has 3 nitrogen and oxygen atoms in total. The van der Waals surface area contributed by atoms with E-state index in [1.807, 2.05) is 7.05 Å². The maximum Gasteiger partial charge on any atom is 0.206 e. The van der Waals surface area contributed by atoms with Crippen LogP contribution in [-0.2, 0) is 5.75 Å². The zero-order chi connectivity index (χ0) is 12.3. The van der Waals surface area contributed by atoms with Crippen molar-refractivity contribution >= 4 is 28.2 Å². The molecule has 0 radical (unpaired) electrons. The van der Waals surface area contributed by atoms with Crippen LogP contribution >= 0.6 is 23.1 Å². The van der Waals surface area contributed by atoms with Gasteiger partial charge in [0.15, 0.2) is 4.34 Å². The minimum absolute atomic E-state index is 0.869. The molecule has 0 aliphatic rings. The molecule has 0 saturated carbocycles. The highest BCUT2D eigenvalue weighted by atomic mass is 32.2. The van der Waals surface area contributed by atoms with E-state index >= 15 is 0 Å². The third kappa shape index (κ3) is 3.20. The predicted molar refractivity (Wildman–Crippen MR) is 74.9 cm³/mol. The second-order valence-electron chi connectivity index (χ2n) is 3.84. The number of anilines is 1. The van der Waals surface area contributed by atoms with E-state index in [1.54, 1.807) is 23.1 Å². The zero-order valence-corrected chi connectivity index (χ0v) is 11.8. The quantitative estimate of drug-likeness (QED) is 0.859. The Labute approximate surface area is 110 Å². The Morgan fingerprint density at radius 1 is 1.29 bits per heavy atom. The van der Waals surface area contributed by atoms with Crippen molar-refractivity contribution in [2.24, 2.45) is 0 Å². The molecule has 0 atom stereocenters. The molecule has 0 saturated heterocycles. The van der Waals surface area contributed by atoms with Crippen LogP contribution in [0, 0.1) is 13.8 Å². The molecule has 1 aromatic heterocycles. The Bertz CT molecular complexity index is 508. The smallest absolute Gasteiger partial charge is 0.206 e. The fraction of sp³-hybridized carbons (Fsp3) is 0.333. The van der Waals surface area contributed by atoms with Gasteiger partial charge in [0.25, 0.3) is 0 Å². The Balaban J connectivity index is 2.04. The van der Waals surface area contributed by atoms with E-state index in [0.29, 0.717) is 0 Å². The van der Waals surface area contributed by atoms with E-state index in [0.717, 1.165) is 15.2 Å². The molecule has 0 aliphatic carbocycles. The van der Waals surface area contributed by atoms with Crippen LogP contribution in [0.5, 0.6) is 0 Å². The summed E-state index contributed by atoms with van der Waals surface area (Å²) in [6.07, 6.45) is 0. The molecule has 1 N–H and O–H groups in total. The molecule has 0 bridgehead atoms. The molecule has 2 rings (SSSR count). The van der Waals surface area contributed by atoms with Crippen LogP contribution in [-0.4, -0.2) is 17.2 Å². The number of nitrogens with zero attached hydrogens (tertiary/aromatic N) is 2. The summed E-state index contributed by atoms with van der Waals surface area (Å²) in [6.45, 7) is 4.27. The molecular formula is C12H15N3S2. The summed E-state index contributed by atoms with van der Waals surface area (Å²) in [5, 5.41) is 12.0. The summed E-state index contributed by atoms with van der Waals surface area (Å²) in [4.78, 5) is 0. The third-order valence-electron chi connectivity index (χ3n) is 2.48. The SMILES string of the molecule is CNc1nnc(SCc2cc(C)ccc2C)s1. The Kier molecular flexibility index (Phi) is 4.02. The van der Waals surface area contributed by atoms with Gasteiger partial charge in [-0.2, -0.15) is 0 Å². The molecule has 0 fully saturated rings. The molecule has 90 valence electrons. The lowest BCUT2D eigenvalue weighted by Crippen LogP contribution is -1.87. The average Bonchev–Trinajstić information content (AvgIpc) is 2.78. The topological polar surface area (TPSA) is 37.8 Å². The van der Waals surface area contributed by atoms with Gasteiger partial charge in [0.1, 0.15) is 0 Å². The maximum absolute atomic E-state index is 4.12. The molecule has 17 heavy (non-hydrogen) atoms. The van der Waals surface area contributed by atoms with Crippen LogP contribution in [0.25, 0.3) is 0 Å². The molecular weight excluding hydrogens is 250 g/mol. The number of benzene rings is 1. The second-order valence-corrected chi connectivity index (χ2v) is 6.04. The van der Waals surface area contributed by atoms with Crippen molar-refractivity contribution < 1.29 is 0 Å². The van der Waals surface area contributed by atoms with E-state index < -0.39 is 0 Å². The van der Waals surface area contributed by atoms with Gasteiger partial charge in [-0.15, -0.1) is 10.2 Å². The van der Waals surface area contributed by atoms with Gasteiger partial charge in [-0.25, -0.2) is 0 Å². The summed E-state index contributed by atoms with van der Waals surface area (Å²) in [7, 11) is 1.86. The number of hydrogen-bond acceptors (Lipinski definition) is 5. The van der Waals surface area contributed by atoms with Crippen molar-refractivity contribution in [2.45, 2.75) is 23.9 Å². The highest BCUT2D eigenvalue weighted by Gasteiger charge is 2.05. The predicted octanol–water partition coefficient (Wildman–Crippen LogP) is 3.49. The van der Waals surface area contributed by atoms with Crippen LogP contribution in [0.4, 0.5) is 5.13 Å². The lowest BCUT2D eigenvalue weighted by molar-refractivity contribution is 1.01. The Hall–Kier alpha value is -1.07. The molecule has 0 amide bonds. The van der Waals surface area contributed by atoms with Crippen molar-refractivity contribution in [1.29, 1.82) is 0 Å². The Morgan fingerprint density at radius 3 is 2.82 bits per heavy atom. The molecule has 1 aromatic carbocycles. The monoisotopic (exact) mass is 265 g/mol. The number of rotatable bonds is 4. The highest BCUT2D eigenvalue weighted by Crippen LogP contribution is 2.29. The van der Waals surface area contributed by atoms with E-state index in [1.165, 1.54) is 16.7 Å². The molecule has 1 heterocycles. The minimum Gasteiger partial charge on any atom is -0.363 e. The molecule has 2 aromatic rings. The first-order valence-corrected chi connectivity index (χ1v) is 7.19. The van der Waals surface area contributed by atoms with Crippen LogP contribution in [0.15, 0.2) is 22.5 Å². The van der Waals surface area contributed by atoms with Crippen LogP contribution in [0.2, 0.25) is 0 Å². The van der Waals surface area contributed by atoms with Gasteiger partial charge in [0, 0.05) is 12.8 Å². The normalized spacial score (nSPS) is 10.5. The van der Waals surface area contributed by atoms with E-state index in [-0.39, 0.29) is 0 Å². The number of aryl methyl sites for hydroxylation is 2. The van der Waals surface area contributed by atoms with E-state index in [2.05, 4.69) is 47.6 Å². The first kappa shape index (κ1) is 12.4. The maximum atomic E-state index is 4.12. The third-order valence-corrected chi connectivity index (χ3v) is 4.60. The standard InChI is InChI=1S/C12H15N3S2/c1-8-4-5-9(2)10(6-8)7-16-12-15-14-11(13-3)17-12/h4-6H,7H2,1-3H3,(H,13,14). The number of aromatic nitrogens is 2. The van der Waals surface area contributed by atoms with Crippen molar-refractivity contribution in [3.63, 3.8) is 0 Å². The van der Waals surface area contributed by atoms with Crippen LogP contribution < -0.4 is 5.32 Å². The van der Waals surface area contributed by atoms with Gasteiger partial charge in [-0.3, -0.25) is 0 Å². The molecule has 0 unspecified atom stereocenters. The second kappa shape index (κ2) is 5.51. The molecule has 0 spiro atoms. The van der Waals surface area contributed by atoms with Crippen molar-refractivity contribution in [3.05, 3.63) is 34.9 Å². The van der Waals surface area contributed by atoms with Crippen molar-refractivity contribution in [2.75, 3.05) is 12.4 Å². The fourth-order valence-corrected chi connectivity index (χ4v) is 3.23. The minimum atomic E-state index is 0.869. The highest BCUT2D eigenvalue weighted by molar-refractivity contribution is 8.00. The van der Waals surface area contributed by atoms with Crippen LogP contribution in [0.1, 0.15) is 16.7 Å². The summed E-state index contributed by atoms with van der Waals surface area (Å²) < 4.78 is 1.01. The number of thioether (sulfide) groups is 1. The van der Waals surface area contributed by atoms with Crippen LogP contribution in [0.3, 0.4) is 0 Å². The van der Waals surface area contributed by atoms with Gasteiger partial charge < -0.3 is 5.32 Å². The summed E-state index contributed by atoms with van der Waals surface area (Å²) in [6, 6.07) is 6.56. The van der Waals surface area contributed by atoms with Gasteiger partial charge in [0.2, 0.25) is 5.13 Å². The summed E-state index contributed by atoms with van der Waals surface area (Å²) >= 11 is 3.33. The van der Waals surface area contributed by atoms with Gasteiger partial charge in [0.05, 0.1) is 0 Å². The summed E-state index contributed by atoms with van der Waals surface area (Å²) in [5.74, 6) is 0.950. The first-order chi connectivity index (χ1) is 8.19. The first-order valence-electron chi connectivity index (χ1n) is 5.39. The average molecular weight is 265 g/mol. The van der Waals surface area contributed by atoms with E-state index in [4.69, 9.17) is 0 Å². The summed E-state index contributed by atoms with van der Waals surface area (Å²) in [5.41, 5.74) is 4.01. The number of hydrogen-bond donors (Lipinski definition) is 1. The molecule has 5 heteroatoms. The van der Waals surface area contributed by atoms with Gasteiger partial charge in [-0.05, 0) is 25.0 Å². The fourth-order valence-electron chi connectivity index (χ4n) is 1.46.